The summed E-state index contributed by atoms with van der Waals surface area (Å²) in [7, 11) is 0. The SMILES string of the molecule is O[C@H]1C[C@H](O)[C@@H](Nc2ccc(F)cc2)C[C@@H]1Nc1ccc(F)cc1. The number of nitrogens with one attached hydrogen (secondary N) is 2. The number of halogens is 2. The van der Waals surface area contributed by atoms with Crippen LogP contribution >= 0.6 is 0 Å². The predicted molar refractivity (Wildman–Crippen MR) is 88.9 cm³/mol. The maximum absolute atomic E-state index is 13.0. The molecule has 0 bridgehead atoms. The van der Waals surface area contributed by atoms with Crippen molar-refractivity contribution in [2.24, 2.45) is 0 Å². The van der Waals surface area contributed by atoms with Crippen molar-refractivity contribution >= 4 is 11.4 Å². The molecule has 0 aliphatic heterocycles. The molecule has 4 nitrogen and oxygen atoms in total. The second-order valence-corrected chi connectivity index (χ2v) is 6.12. The van der Waals surface area contributed by atoms with Gasteiger partial charge >= 0.3 is 0 Å². The topological polar surface area (TPSA) is 64.5 Å². The van der Waals surface area contributed by atoms with Crippen LogP contribution in [0, 0.1) is 11.6 Å². The first-order valence-corrected chi connectivity index (χ1v) is 7.91. The fraction of sp³-hybridized carbons (Fsp3) is 0.333. The Balaban J connectivity index is 1.67. The van der Waals surface area contributed by atoms with Crippen molar-refractivity contribution < 1.29 is 19.0 Å². The molecule has 1 aliphatic carbocycles. The Morgan fingerprint density at radius 1 is 0.667 bits per heavy atom. The lowest BCUT2D eigenvalue weighted by Gasteiger charge is -2.38. The zero-order valence-electron chi connectivity index (χ0n) is 13.0. The summed E-state index contributed by atoms with van der Waals surface area (Å²) in [6.45, 7) is 0. The minimum absolute atomic E-state index is 0.220. The van der Waals surface area contributed by atoms with Gasteiger partial charge < -0.3 is 20.8 Å². The summed E-state index contributed by atoms with van der Waals surface area (Å²) in [5, 5.41) is 26.8. The average molecular weight is 334 g/mol. The molecule has 0 unspecified atom stereocenters. The first-order valence-electron chi connectivity index (χ1n) is 7.91. The molecule has 4 N–H and O–H groups in total. The summed E-state index contributed by atoms with van der Waals surface area (Å²) in [4.78, 5) is 0. The normalized spacial score (nSPS) is 26.8. The van der Waals surface area contributed by atoms with Crippen LogP contribution < -0.4 is 10.6 Å². The molecule has 0 heterocycles. The van der Waals surface area contributed by atoms with E-state index in [1.54, 1.807) is 24.3 Å². The van der Waals surface area contributed by atoms with E-state index >= 15 is 0 Å². The summed E-state index contributed by atoms with van der Waals surface area (Å²) in [5.74, 6) is -0.646. The summed E-state index contributed by atoms with van der Waals surface area (Å²) < 4.78 is 26.0. The highest BCUT2D eigenvalue weighted by molar-refractivity contribution is 5.46. The number of aliphatic hydroxyl groups is 2. The van der Waals surface area contributed by atoms with Crippen LogP contribution in [-0.2, 0) is 0 Å². The van der Waals surface area contributed by atoms with Crippen LogP contribution in [0.1, 0.15) is 12.8 Å². The van der Waals surface area contributed by atoms with Gasteiger partial charge in [-0.25, -0.2) is 8.78 Å². The van der Waals surface area contributed by atoms with Gasteiger partial charge in [-0.1, -0.05) is 0 Å². The zero-order chi connectivity index (χ0) is 17.1. The number of rotatable bonds is 4. The average Bonchev–Trinajstić information content (AvgIpc) is 2.56. The summed E-state index contributed by atoms with van der Waals surface area (Å²) in [6.07, 6.45) is -0.734. The van der Waals surface area contributed by atoms with Crippen LogP contribution in [-0.4, -0.2) is 34.5 Å². The van der Waals surface area contributed by atoms with E-state index in [0.29, 0.717) is 17.8 Å². The fourth-order valence-electron chi connectivity index (χ4n) is 2.99. The van der Waals surface area contributed by atoms with Crippen molar-refractivity contribution in [3.05, 3.63) is 60.2 Å². The maximum Gasteiger partial charge on any atom is 0.123 e. The summed E-state index contributed by atoms with van der Waals surface area (Å²) in [5.41, 5.74) is 1.41. The predicted octanol–water partition coefficient (Wildman–Crippen LogP) is 2.74. The number of hydrogen-bond donors (Lipinski definition) is 4. The number of hydrogen-bond acceptors (Lipinski definition) is 4. The van der Waals surface area contributed by atoms with Crippen molar-refractivity contribution in [2.45, 2.75) is 37.1 Å². The maximum atomic E-state index is 13.0. The van der Waals surface area contributed by atoms with E-state index in [1.165, 1.54) is 24.3 Å². The number of anilines is 2. The van der Waals surface area contributed by atoms with E-state index in [4.69, 9.17) is 0 Å². The standard InChI is InChI=1S/C18H20F2N2O2/c19-11-1-5-13(6-2-11)21-15-9-16(18(24)10-17(15)23)22-14-7-3-12(20)4-8-14/h1-8,15-18,21-24H,9-10H2/t15-,16-,17-,18-/m0/s1. The molecule has 128 valence electrons. The second-order valence-electron chi connectivity index (χ2n) is 6.12. The van der Waals surface area contributed by atoms with Gasteiger partial charge in [0.2, 0.25) is 0 Å². The van der Waals surface area contributed by atoms with E-state index < -0.39 is 12.2 Å². The lowest BCUT2D eigenvalue weighted by Crippen LogP contribution is -2.51. The van der Waals surface area contributed by atoms with Crippen LogP contribution in [0.4, 0.5) is 20.2 Å². The van der Waals surface area contributed by atoms with Gasteiger partial charge in [0.1, 0.15) is 11.6 Å². The molecule has 0 amide bonds. The molecule has 24 heavy (non-hydrogen) atoms. The van der Waals surface area contributed by atoms with Gasteiger partial charge in [-0.15, -0.1) is 0 Å². The van der Waals surface area contributed by atoms with E-state index in [0.717, 1.165) is 0 Å². The Labute approximate surface area is 139 Å². The molecule has 0 aromatic heterocycles. The minimum atomic E-state index is -0.712. The van der Waals surface area contributed by atoms with Gasteiger partial charge in [-0.3, -0.25) is 0 Å². The fourth-order valence-corrected chi connectivity index (χ4v) is 2.99. The third-order valence-electron chi connectivity index (χ3n) is 4.31. The molecule has 0 spiro atoms. The Bertz CT molecular complexity index is 606. The Hall–Kier alpha value is -2.18. The molecular formula is C18H20F2N2O2. The van der Waals surface area contributed by atoms with E-state index in [1.807, 2.05) is 0 Å². The molecule has 0 radical (unpaired) electrons. The Kier molecular flexibility index (Phi) is 4.97. The molecule has 1 fully saturated rings. The Morgan fingerprint density at radius 2 is 1.04 bits per heavy atom. The Morgan fingerprint density at radius 3 is 1.42 bits per heavy atom. The molecule has 2 aromatic carbocycles. The van der Waals surface area contributed by atoms with Crippen LogP contribution in [0.2, 0.25) is 0 Å². The van der Waals surface area contributed by atoms with Crippen LogP contribution in [0.25, 0.3) is 0 Å². The van der Waals surface area contributed by atoms with E-state index in [9.17, 15) is 19.0 Å². The van der Waals surface area contributed by atoms with Crippen LogP contribution in [0.5, 0.6) is 0 Å². The van der Waals surface area contributed by atoms with Crippen molar-refractivity contribution in [3.63, 3.8) is 0 Å². The molecular weight excluding hydrogens is 314 g/mol. The highest BCUT2D eigenvalue weighted by Crippen LogP contribution is 2.26. The monoisotopic (exact) mass is 334 g/mol. The van der Waals surface area contributed by atoms with Gasteiger partial charge in [0.15, 0.2) is 0 Å². The quantitative estimate of drug-likeness (QED) is 0.694. The molecule has 6 heteroatoms. The van der Waals surface area contributed by atoms with Gasteiger partial charge in [0.05, 0.1) is 24.3 Å². The molecule has 1 aliphatic rings. The highest BCUT2D eigenvalue weighted by Gasteiger charge is 2.35. The lowest BCUT2D eigenvalue weighted by molar-refractivity contribution is 0.0242. The highest BCUT2D eigenvalue weighted by atomic mass is 19.1. The third-order valence-corrected chi connectivity index (χ3v) is 4.31. The van der Waals surface area contributed by atoms with Gasteiger partial charge in [0.25, 0.3) is 0 Å². The first kappa shape index (κ1) is 16.7. The van der Waals surface area contributed by atoms with Gasteiger partial charge in [0, 0.05) is 17.8 Å². The molecule has 2 aromatic rings. The van der Waals surface area contributed by atoms with E-state index in [2.05, 4.69) is 10.6 Å². The van der Waals surface area contributed by atoms with Gasteiger partial charge in [-0.05, 0) is 55.0 Å². The zero-order valence-corrected chi connectivity index (χ0v) is 13.0. The van der Waals surface area contributed by atoms with Gasteiger partial charge in [-0.2, -0.15) is 0 Å². The van der Waals surface area contributed by atoms with Crippen molar-refractivity contribution in [1.29, 1.82) is 0 Å². The van der Waals surface area contributed by atoms with Crippen molar-refractivity contribution in [2.75, 3.05) is 10.6 Å². The number of benzene rings is 2. The summed E-state index contributed by atoms with van der Waals surface area (Å²) in [6, 6.07) is 11.3. The van der Waals surface area contributed by atoms with Crippen molar-refractivity contribution in [3.8, 4) is 0 Å². The molecule has 0 saturated heterocycles. The molecule has 3 rings (SSSR count). The number of aliphatic hydroxyl groups excluding tert-OH is 2. The third kappa shape index (κ3) is 4.01. The molecule has 1 saturated carbocycles. The lowest BCUT2D eigenvalue weighted by atomic mass is 9.86. The minimum Gasteiger partial charge on any atom is -0.391 e. The van der Waals surface area contributed by atoms with Crippen LogP contribution in [0.3, 0.4) is 0 Å². The van der Waals surface area contributed by atoms with E-state index in [-0.39, 0.29) is 30.1 Å². The largest absolute Gasteiger partial charge is 0.391 e. The first-order chi connectivity index (χ1) is 11.5. The van der Waals surface area contributed by atoms with Crippen molar-refractivity contribution in [1.82, 2.24) is 0 Å². The second kappa shape index (κ2) is 7.15. The van der Waals surface area contributed by atoms with Crippen LogP contribution in [0.15, 0.2) is 48.5 Å². The summed E-state index contributed by atoms with van der Waals surface area (Å²) >= 11 is 0. The smallest absolute Gasteiger partial charge is 0.123 e. The molecule has 4 atom stereocenters.